The highest BCUT2D eigenvalue weighted by molar-refractivity contribution is 5.26. The fourth-order valence-corrected chi connectivity index (χ4v) is 1.73. The van der Waals surface area contributed by atoms with Crippen molar-refractivity contribution in [1.29, 1.82) is 0 Å². The van der Waals surface area contributed by atoms with E-state index in [1.165, 1.54) is 22.9 Å². The van der Waals surface area contributed by atoms with E-state index in [4.69, 9.17) is 0 Å². The van der Waals surface area contributed by atoms with Gasteiger partial charge in [-0.1, -0.05) is 6.07 Å². The molecule has 0 aliphatic heterocycles. The van der Waals surface area contributed by atoms with Gasteiger partial charge in [-0.2, -0.15) is 0 Å². The number of nitrogens with one attached hydrogen (secondary N) is 1. The van der Waals surface area contributed by atoms with Crippen molar-refractivity contribution in [1.82, 2.24) is 9.55 Å². The Hall–Kier alpha value is -2.17. The maximum atomic E-state index is 13.1. The summed E-state index contributed by atoms with van der Waals surface area (Å²) in [4.78, 5) is 25.1. The van der Waals surface area contributed by atoms with Crippen LogP contribution in [-0.4, -0.2) is 9.55 Å². The van der Waals surface area contributed by atoms with E-state index >= 15 is 0 Å². The first kappa shape index (κ1) is 12.3. The molecule has 1 aromatic heterocycles. The number of aromatic amines is 1. The van der Waals surface area contributed by atoms with Gasteiger partial charge in [-0.15, -0.1) is 0 Å². The quantitative estimate of drug-likeness (QED) is 0.872. The lowest BCUT2D eigenvalue weighted by molar-refractivity contribution is 0.620. The molecule has 0 aliphatic rings. The highest BCUT2D eigenvalue weighted by atomic mass is 19.1. The number of hydrogen-bond donors (Lipinski definition) is 1. The number of nitrogens with zero attached hydrogens (tertiary/aromatic N) is 1. The van der Waals surface area contributed by atoms with Crippen molar-refractivity contribution in [2.45, 2.75) is 20.4 Å². The van der Waals surface area contributed by atoms with E-state index in [-0.39, 0.29) is 12.4 Å². The molecule has 0 atom stereocenters. The van der Waals surface area contributed by atoms with Crippen molar-refractivity contribution in [3.05, 3.63) is 67.7 Å². The minimum Gasteiger partial charge on any atom is -0.296 e. The molecule has 0 bridgehead atoms. The Bertz CT molecular complexity index is 701. The van der Waals surface area contributed by atoms with Gasteiger partial charge in [0.05, 0.1) is 6.54 Å². The molecule has 1 aromatic carbocycles. The normalized spacial score (nSPS) is 10.6. The predicted octanol–water partition coefficient (Wildman–Crippen LogP) is 1.34. The van der Waals surface area contributed by atoms with Crippen LogP contribution in [0.15, 0.2) is 34.0 Å². The molecule has 2 rings (SSSR count). The van der Waals surface area contributed by atoms with Gasteiger partial charge >= 0.3 is 5.69 Å². The molecule has 0 saturated carbocycles. The molecule has 1 N–H and O–H groups in total. The molecular formula is C13H13FN2O2. The van der Waals surface area contributed by atoms with Crippen molar-refractivity contribution in [3.63, 3.8) is 0 Å². The molecule has 1 heterocycles. The Morgan fingerprint density at radius 2 is 1.94 bits per heavy atom. The van der Waals surface area contributed by atoms with Crippen molar-refractivity contribution in [3.8, 4) is 0 Å². The van der Waals surface area contributed by atoms with E-state index in [0.29, 0.717) is 11.1 Å². The summed E-state index contributed by atoms with van der Waals surface area (Å²) in [5.74, 6) is -0.343. The van der Waals surface area contributed by atoms with Gasteiger partial charge in [0.15, 0.2) is 0 Å². The summed E-state index contributed by atoms with van der Waals surface area (Å²) < 4.78 is 14.5. The zero-order valence-corrected chi connectivity index (χ0v) is 10.2. The maximum absolute atomic E-state index is 13.1. The molecule has 0 unspecified atom stereocenters. The molecule has 0 saturated heterocycles. The lowest BCUT2D eigenvalue weighted by Crippen LogP contribution is -2.31. The molecule has 18 heavy (non-hydrogen) atoms. The topological polar surface area (TPSA) is 54.9 Å². The second kappa shape index (κ2) is 4.60. The van der Waals surface area contributed by atoms with Gasteiger partial charge in [0.2, 0.25) is 0 Å². The zero-order valence-electron chi connectivity index (χ0n) is 10.2. The predicted molar refractivity (Wildman–Crippen MR) is 66.3 cm³/mol. The van der Waals surface area contributed by atoms with Crippen molar-refractivity contribution in [2.75, 3.05) is 0 Å². The Labute approximate surface area is 103 Å². The van der Waals surface area contributed by atoms with Crippen LogP contribution in [0.5, 0.6) is 0 Å². The highest BCUT2D eigenvalue weighted by Crippen LogP contribution is 2.11. The zero-order chi connectivity index (χ0) is 13.3. The van der Waals surface area contributed by atoms with E-state index in [0.717, 1.165) is 5.56 Å². The number of rotatable bonds is 2. The van der Waals surface area contributed by atoms with Crippen LogP contribution in [-0.2, 0) is 6.54 Å². The standard InChI is InChI=1S/C13H13FN2O2/c1-8-3-4-11(14)5-10(8)7-16-6-9(2)12(17)15-13(16)18/h3-6H,7H2,1-2H3,(H,15,17,18). The molecule has 0 spiro atoms. The summed E-state index contributed by atoms with van der Waals surface area (Å²) in [6.45, 7) is 3.70. The van der Waals surface area contributed by atoms with Crippen molar-refractivity contribution >= 4 is 0 Å². The summed E-state index contributed by atoms with van der Waals surface area (Å²) >= 11 is 0. The van der Waals surface area contributed by atoms with Gasteiger partial charge in [0.25, 0.3) is 5.56 Å². The maximum Gasteiger partial charge on any atom is 0.328 e. The van der Waals surface area contributed by atoms with E-state index in [1.807, 2.05) is 6.92 Å². The monoisotopic (exact) mass is 248 g/mol. The SMILES string of the molecule is Cc1ccc(F)cc1Cn1cc(C)c(=O)[nH]c1=O. The summed E-state index contributed by atoms with van der Waals surface area (Å²) in [5.41, 5.74) is 1.17. The minimum atomic E-state index is -0.491. The average Bonchev–Trinajstić information content (AvgIpc) is 2.30. The third kappa shape index (κ3) is 2.40. The Kier molecular flexibility index (Phi) is 3.14. The summed E-state index contributed by atoms with van der Waals surface area (Å²) in [6, 6.07) is 4.43. The molecule has 5 heteroatoms. The number of benzene rings is 1. The molecule has 94 valence electrons. The summed E-state index contributed by atoms with van der Waals surface area (Å²) in [6.07, 6.45) is 1.48. The molecule has 0 fully saturated rings. The second-order valence-electron chi connectivity index (χ2n) is 4.27. The molecule has 0 radical (unpaired) electrons. The molecule has 2 aromatic rings. The Balaban J connectivity index is 2.46. The van der Waals surface area contributed by atoms with Crippen LogP contribution in [0.2, 0.25) is 0 Å². The van der Waals surface area contributed by atoms with Crippen LogP contribution >= 0.6 is 0 Å². The van der Waals surface area contributed by atoms with Gasteiger partial charge in [-0.05, 0) is 37.1 Å². The first-order chi connectivity index (χ1) is 8.47. The minimum absolute atomic E-state index is 0.236. The Morgan fingerprint density at radius 1 is 1.22 bits per heavy atom. The average molecular weight is 248 g/mol. The van der Waals surface area contributed by atoms with Crippen LogP contribution in [0.25, 0.3) is 0 Å². The van der Waals surface area contributed by atoms with Gasteiger partial charge in [0.1, 0.15) is 5.82 Å². The number of aryl methyl sites for hydroxylation is 2. The van der Waals surface area contributed by atoms with Crippen molar-refractivity contribution < 1.29 is 4.39 Å². The fourth-order valence-electron chi connectivity index (χ4n) is 1.73. The first-order valence-electron chi connectivity index (χ1n) is 5.53. The van der Waals surface area contributed by atoms with Gasteiger partial charge in [-0.25, -0.2) is 9.18 Å². The van der Waals surface area contributed by atoms with Crippen molar-refractivity contribution in [2.24, 2.45) is 0 Å². The van der Waals surface area contributed by atoms with E-state index < -0.39 is 11.2 Å². The lowest BCUT2D eigenvalue weighted by Gasteiger charge is -2.09. The van der Waals surface area contributed by atoms with Crippen LogP contribution in [0.1, 0.15) is 16.7 Å². The van der Waals surface area contributed by atoms with Gasteiger partial charge in [-0.3, -0.25) is 14.3 Å². The van der Waals surface area contributed by atoms with E-state index in [2.05, 4.69) is 4.98 Å². The lowest BCUT2D eigenvalue weighted by atomic mass is 10.1. The molecule has 0 amide bonds. The second-order valence-corrected chi connectivity index (χ2v) is 4.27. The smallest absolute Gasteiger partial charge is 0.296 e. The van der Waals surface area contributed by atoms with Crippen LogP contribution < -0.4 is 11.2 Å². The van der Waals surface area contributed by atoms with E-state index in [9.17, 15) is 14.0 Å². The van der Waals surface area contributed by atoms with Crippen LogP contribution in [0.3, 0.4) is 0 Å². The number of H-pyrrole nitrogens is 1. The number of halogens is 1. The largest absolute Gasteiger partial charge is 0.328 e. The van der Waals surface area contributed by atoms with Gasteiger partial charge in [0, 0.05) is 11.8 Å². The van der Waals surface area contributed by atoms with Crippen LogP contribution in [0, 0.1) is 19.7 Å². The first-order valence-corrected chi connectivity index (χ1v) is 5.53. The van der Waals surface area contributed by atoms with Gasteiger partial charge < -0.3 is 0 Å². The fraction of sp³-hybridized carbons (Fsp3) is 0.231. The van der Waals surface area contributed by atoms with Crippen LogP contribution in [0.4, 0.5) is 4.39 Å². The summed E-state index contributed by atoms with van der Waals surface area (Å²) in [7, 11) is 0. The number of aromatic nitrogens is 2. The molecule has 4 nitrogen and oxygen atoms in total. The van der Waals surface area contributed by atoms with E-state index in [1.54, 1.807) is 13.0 Å². The number of hydrogen-bond acceptors (Lipinski definition) is 2. The summed E-state index contributed by atoms with van der Waals surface area (Å²) in [5, 5.41) is 0. The Morgan fingerprint density at radius 3 is 2.67 bits per heavy atom. The highest BCUT2D eigenvalue weighted by Gasteiger charge is 2.05. The molecular weight excluding hydrogens is 235 g/mol. The third-order valence-corrected chi connectivity index (χ3v) is 2.84. The molecule has 0 aliphatic carbocycles. The third-order valence-electron chi connectivity index (χ3n) is 2.84.